The minimum Gasteiger partial charge on any atom is -0.317 e. The lowest BCUT2D eigenvalue weighted by molar-refractivity contribution is 0.308. The highest BCUT2D eigenvalue weighted by Gasteiger charge is 2.34. The highest BCUT2D eigenvalue weighted by molar-refractivity contribution is 7.89. The fraction of sp³-hybridized carbons (Fsp3) is 0.500. The van der Waals surface area contributed by atoms with Crippen molar-refractivity contribution in [1.29, 1.82) is 0 Å². The molecule has 0 atom stereocenters. The summed E-state index contributed by atoms with van der Waals surface area (Å²) >= 11 is 17.8. The smallest absolute Gasteiger partial charge is 0.244 e. The Morgan fingerprint density at radius 2 is 1.65 bits per heavy atom. The first-order valence-electron chi connectivity index (χ1n) is 6.13. The standard InChI is InChI=1S/C12H15Cl3N2O2S/c1-12(2-4-16-5-3-12)17-20(18,19)11-9(14)6-8(13)7-10(11)15/h6-7,16-17H,2-5H2,1H3. The van der Waals surface area contributed by atoms with E-state index in [1.54, 1.807) is 0 Å². The van der Waals surface area contributed by atoms with Crippen molar-refractivity contribution >= 4 is 44.8 Å². The Kier molecular flexibility index (Phi) is 4.89. The van der Waals surface area contributed by atoms with Gasteiger partial charge in [-0.05, 0) is 45.0 Å². The first kappa shape index (κ1) is 16.3. The third kappa shape index (κ3) is 3.59. The average Bonchev–Trinajstić information content (AvgIpc) is 2.25. The minimum atomic E-state index is -3.80. The topological polar surface area (TPSA) is 58.2 Å². The molecule has 0 unspecified atom stereocenters. The van der Waals surface area contributed by atoms with Gasteiger partial charge >= 0.3 is 0 Å². The number of sulfonamides is 1. The van der Waals surface area contributed by atoms with E-state index in [1.165, 1.54) is 12.1 Å². The van der Waals surface area contributed by atoms with E-state index in [0.29, 0.717) is 17.9 Å². The molecule has 1 saturated heterocycles. The van der Waals surface area contributed by atoms with Gasteiger partial charge in [-0.15, -0.1) is 0 Å². The maximum atomic E-state index is 12.5. The zero-order valence-electron chi connectivity index (χ0n) is 10.8. The van der Waals surface area contributed by atoms with Gasteiger partial charge in [0.1, 0.15) is 4.90 Å². The fourth-order valence-electron chi connectivity index (χ4n) is 2.24. The van der Waals surface area contributed by atoms with E-state index in [9.17, 15) is 8.42 Å². The van der Waals surface area contributed by atoms with Crippen LogP contribution in [-0.2, 0) is 10.0 Å². The van der Waals surface area contributed by atoms with Crippen LogP contribution in [0.3, 0.4) is 0 Å². The summed E-state index contributed by atoms with van der Waals surface area (Å²) in [6, 6.07) is 2.74. The van der Waals surface area contributed by atoms with Gasteiger partial charge in [0.25, 0.3) is 0 Å². The van der Waals surface area contributed by atoms with Crippen molar-refractivity contribution in [2.75, 3.05) is 13.1 Å². The van der Waals surface area contributed by atoms with Crippen molar-refractivity contribution in [3.05, 3.63) is 27.2 Å². The molecule has 1 aliphatic heterocycles. The number of halogens is 3. The van der Waals surface area contributed by atoms with Crippen LogP contribution in [0.15, 0.2) is 17.0 Å². The van der Waals surface area contributed by atoms with Gasteiger partial charge in [-0.2, -0.15) is 0 Å². The van der Waals surface area contributed by atoms with Crippen LogP contribution in [0.4, 0.5) is 0 Å². The number of hydrogen-bond acceptors (Lipinski definition) is 3. The molecule has 1 aliphatic rings. The molecule has 4 nitrogen and oxygen atoms in total. The van der Waals surface area contributed by atoms with Gasteiger partial charge in [0.15, 0.2) is 0 Å². The van der Waals surface area contributed by atoms with E-state index in [-0.39, 0.29) is 14.9 Å². The lowest BCUT2D eigenvalue weighted by atomic mass is 9.92. The average molecular weight is 358 g/mol. The molecule has 2 rings (SSSR count). The van der Waals surface area contributed by atoms with Gasteiger partial charge in [-0.1, -0.05) is 34.8 Å². The van der Waals surface area contributed by atoms with Crippen LogP contribution in [0.5, 0.6) is 0 Å². The Morgan fingerprint density at radius 1 is 1.15 bits per heavy atom. The number of piperidine rings is 1. The lowest BCUT2D eigenvalue weighted by Crippen LogP contribution is -2.52. The van der Waals surface area contributed by atoms with E-state index < -0.39 is 15.6 Å². The predicted octanol–water partition coefficient (Wildman–Crippen LogP) is 3.07. The Labute approximate surface area is 133 Å². The Bertz CT molecular complexity index is 590. The molecule has 0 spiro atoms. The normalized spacial score (nSPS) is 19.0. The van der Waals surface area contributed by atoms with Crippen molar-refractivity contribution in [2.24, 2.45) is 0 Å². The second kappa shape index (κ2) is 5.99. The van der Waals surface area contributed by atoms with Crippen LogP contribution >= 0.6 is 34.8 Å². The number of hydrogen-bond donors (Lipinski definition) is 2. The SMILES string of the molecule is CC1(NS(=O)(=O)c2c(Cl)cc(Cl)cc2Cl)CCNCC1. The molecular weight excluding hydrogens is 343 g/mol. The molecule has 0 radical (unpaired) electrons. The zero-order valence-corrected chi connectivity index (χ0v) is 13.9. The molecule has 112 valence electrons. The summed E-state index contributed by atoms with van der Waals surface area (Å²) in [5.41, 5.74) is -0.504. The van der Waals surface area contributed by atoms with E-state index in [2.05, 4.69) is 10.0 Å². The van der Waals surface area contributed by atoms with E-state index in [4.69, 9.17) is 34.8 Å². The highest BCUT2D eigenvalue weighted by atomic mass is 35.5. The van der Waals surface area contributed by atoms with Gasteiger partial charge < -0.3 is 5.32 Å². The van der Waals surface area contributed by atoms with Crippen molar-refractivity contribution in [1.82, 2.24) is 10.0 Å². The van der Waals surface area contributed by atoms with Crippen LogP contribution < -0.4 is 10.0 Å². The molecule has 0 aliphatic carbocycles. The van der Waals surface area contributed by atoms with E-state index in [0.717, 1.165) is 13.1 Å². The summed E-state index contributed by atoms with van der Waals surface area (Å²) in [7, 11) is -3.80. The summed E-state index contributed by atoms with van der Waals surface area (Å²) in [6.45, 7) is 3.41. The minimum absolute atomic E-state index is 0.0209. The summed E-state index contributed by atoms with van der Waals surface area (Å²) in [4.78, 5) is -0.120. The fourth-order valence-corrected chi connectivity index (χ4v) is 5.25. The molecule has 1 aromatic carbocycles. The third-order valence-corrected chi connectivity index (χ3v) is 6.10. The highest BCUT2D eigenvalue weighted by Crippen LogP contribution is 2.33. The summed E-state index contributed by atoms with van der Waals surface area (Å²) < 4.78 is 27.7. The molecule has 20 heavy (non-hydrogen) atoms. The zero-order chi connectivity index (χ0) is 15.0. The molecular formula is C12H15Cl3N2O2S. The second-order valence-corrected chi connectivity index (χ2v) is 7.98. The van der Waals surface area contributed by atoms with Crippen molar-refractivity contribution in [2.45, 2.75) is 30.2 Å². The Hall–Kier alpha value is -0.0400. The van der Waals surface area contributed by atoms with Crippen LogP contribution in [0.25, 0.3) is 0 Å². The van der Waals surface area contributed by atoms with Crippen LogP contribution in [0, 0.1) is 0 Å². The molecule has 0 amide bonds. The van der Waals surface area contributed by atoms with Gasteiger partial charge in [0.05, 0.1) is 10.0 Å². The van der Waals surface area contributed by atoms with E-state index in [1.807, 2.05) is 6.92 Å². The van der Waals surface area contributed by atoms with E-state index >= 15 is 0 Å². The Morgan fingerprint density at radius 3 is 2.15 bits per heavy atom. The summed E-state index contributed by atoms with van der Waals surface area (Å²) in [5.74, 6) is 0. The van der Waals surface area contributed by atoms with Crippen LogP contribution in [0.1, 0.15) is 19.8 Å². The van der Waals surface area contributed by atoms with Crippen molar-refractivity contribution in [3.63, 3.8) is 0 Å². The molecule has 1 fully saturated rings. The maximum Gasteiger partial charge on any atom is 0.244 e. The first-order chi connectivity index (χ1) is 9.23. The first-order valence-corrected chi connectivity index (χ1v) is 8.74. The maximum absolute atomic E-state index is 12.5. The third-order valence-electron chi connectivity index (χ3n) is 3.32. The quantitative estimate of drug-likeness (QED) is 0.874. The molecule has 1 aromatic rings. The van der Waals surface area contributed by atoms with Crippen LogP contribution in [-0.4, -0.2) is 27.0 Å². The number of benzene rings is 1. The predicted molar refractivity (Wildman–Crippen MR) is 82.3 cm³/mol. The number of nitrogens with one attached hydrogen (secondary N) is 2. The second-order valence-electron chi connectivity index (χ2n) is 5.11. The lowest BCUT2D eigenvalue weighted by Gasteiger charge is -2.34. The molecule has 0 bridgehead atoms. The molecule has 8 heteroatoms. The Balaban J connectivity index is 2.36. The summed E-state index contributed by atoms with van der Waals surface area (Å²) in [6.07, 6.45) is 1.41. The molecule has 0 aromatic heterocycles. The number of rotatable bonds is 3. The molecule has 2 N–H and O–H groups in total. The van der Waals surface area contributed by atoms with Crippen molar-refractivity contribution < 1.29 is 8.42 Å². The molecule has 0 saturated carbocycles. The van der Waals surface area contributed by atoms with Gasteiger partial charge in [-0.3, -0.25) is 0 Å². The van der Waals surface area contributed by atoms with Crippen molar-refractivity contribution in [3.8, 4) is 0 Å². The van der Waals surface area contributed by atoms with Crippen LogP contribution in [0.2, 0.25) is 15.1 Å². The van der Waals surface area contributed by atoms with Gasteiger partial charge in [0.2, 0.25) is 10.0 Å². The summed E-state index contributed by atoms with van der Waals surface area (Å²) in [5, 5.41) is 3.53. The van der Waals surface area contributed by atoms with Gasteiger partial charge in [0, 0.05) is 10.6 Å². The molecule has 1 heterocycles. The largest absolute Gasteiger partial charge is 0.317 e. The van der Waals surface area contributed by atoms with Gasteiger partial charge in [-0.25, -0.2) is 13.1 Å². The monoisotopic (exact) mass is 356 g/mol.